The molecule has 22 heavy (non-hydrogen) atoms. The summed E-state index contributed by atoms with van der Waals surface area (Å²) in [5, 5.41) is 18.9. The lowest BCUT2D eigenvalue weighted by Gasteiger charge is -2.24. The number of sulfonamides is 1. The highest BCUT2D eigenvalue weighted by atomic mass is 32.2. The highest BCUT2D eigenvalue weighted by molar-refractivity contribution is 7.89. The van der Waals surface area contributed by atoms with Crippen molar-refractivity contribution in [2.24, 2.45) is 0 Å². The van der Waals surface area contributed by atoms with E-state index < -0.39 is 28.1 Å². The summed E-state index contributed by atoms with van der Waals surface area (Å²) in [5.41, 5.74) is 2.92. The van der Waals surface area contributed by atoms with E-state index in [9.17, 15) is 23.4 Å². The number of β-amino-alcohol motifs (C(OH)–C–C–N with tert-alkyl or cyclic N) is 1. The lowest BCUT2D eigenvalue weighted by molar-refractivity contribution is -0.140. The molecule has 1 fully saturated rings. The van der Waals surface area contributed by atoms with Gasteiger partial charge in [-0.15, -0.1) is 0 Å². The van der Waals surface area contributed by atoms with Crippen molar-refractivity contribution in [3.8, 4) is 0 Å². The lowest BCUT2D eigenvalue weighted by Crippen LogP contribution is -2.41. The first kappa shape index (κ1) is 16.9. The van der Waals surface area contributed by atoms with Gasteiger partial charge in [0.2, 0.25) is 10.0 Å². The fraction of sp³-hybridized carbons (Fsp3) is 0.533. The zero-order valence-electron chi connectivity index (χ0n) is 13.1. The van der Waals surface area contributed by atoms with E-state index in [0.29, 0.717) is 11.1 Å². The van der Waals surface area contributed by atoms with Crippen LogP contribution < -0.4 is 0 Å². The van der Waals surface area contributed by atoms with E-state index in [1.165, 1.54) is 0 Å². The summed E-state index contributed by atoms with van der Waals surface area (Å²) in [5.74, 6) is -1.24. The highest BCUT2D eigenvalue weighted by Gasteiger charge is 2.44. The minimum Gasteiger partial charge on any atom is -0.480 e. The van der Waals surface area contributed by atoms with Crippen LogP contribution in [-0.2, 0) is 14.8 Å². The van der Waals surface area contributed by atoms with Crippen LogP contribution in [0.3, 0.4) is 0 Å². The Morgan fingerprint density at radius 3 is 2.14 bits per heavy atom. The summed E-state index contributed by atoms with van der Waals surface area (Å²) in [6.45, 7) is 6.90. The van der Waals surface area contributed by atoms with E-state index in [-0.39, 0.29) is 17.9 Å². The zero-order chi connectivity index (χ0) is 16.8. The van der Waals surface area contributed by atoms with Crippen LogP contribution in [0.1, 0.15) is 28.7 Å². The predicted octanol–water partition coefficient (Wildman–Crippen LogP) is 1.13. The van der Waals surface area contributed by atoms with E-state index in [1.54, 1.807) is 13.8 Å². The number of aliphatic carboxylic acids is 1. The van der Waals surface area contributed by atoms with Crippen LogP contribution in [0.2, 0.25) is 0 Å². The van der Waals surface area contributed by atoms with Gasteiger partial charge in [0.25, 0.3) is 0 Å². The number of aryl methyl sites for hydroxylation is 2. The summed E-state index contributed by atoms with van der Waals surface area (Å²) in [6, 6.07) is 0.691. The highest BCUT2D eigenvalue weighted by Crippen LogP contribution is 2.32. The van der Waals surface area contributed by atoms with Gasteiger partial charge in [-0.2, -0.15) is 4.31 Å². The number of carboxylic acid groups (broad SMARTS) is 1. The van der Waals surface area contributed by atoms with Gasteiger partial charge in [0.1, 0.15) is 6.04 Å². The molecule has 1 aliphatic heterocycles. The Morgan fingerprint density at radius 1 is 1.18 bits per heavy atom. The average molecular weight is 327 g/mol. The van der Waals surface area contributed by atoms with E-state index >= 15 is 0 Å². The van der Waals surface area contributed by atoms with Crippen LogP contribution >= 0.6 is 0 Å². The minimum atomic E-state index is -3.98. The van der Waals surface area contributed by atoms with Crippen molar-refractivity contribution in [3.63, 3.8) is 0 Å². The van der Waals surface area contributed by atoms with Gasteiger partial charge in [0.15, 0.2) is 0 Å². The van der Waals surface area contributed by atoms with Gasteiger partial charge in [0.05, 0.1) is 11.0 Å². The molecule has 0 aromatic heterocycles. The van der Waals surface area contributed by atoms with Gasteiger partial charge < -0.3 is 10.2 Å². The van der Waals surface area contributed by atoms with Crippen molar-refractivity contribution in [1.82, 2.24) is 4.31 Å². The summed E-state index contributed by atoms with van der Waals surface area (Å²) < 4.78 is 26.9. The van der Waals surface area contributed by atoms with Crippen molar-refractivity contribution < 1.29 is 23.4 Å². The van der Waals surface area contributed by atoms with Gasteiger partial charge in [-0.25, -0.2) is 8.42 Å². The fourth-order valence-corrected chi connectivity index (χ4v) is 5.17. The predicted molar refractivity (Wildman–Crippen MR) is 81.3 cm³/mol. The van der Waals surface area contributed by atoms with Crippen LogP contribution in [0.15, 0.2) is 11.0 Å². The molecule has 2 rings (SSSR count). The summed E-state index contributed by atoms with van der Waals surface area (Å²) in [7, 11) is -3.98. The van der Waals surface area contributed by atoms with Crippen LogP contribution in [0.25, 0.3) is 0 Å². The third kappa shape index (κ3) is 2.64. The molecule has 6 nitrogen and oxygen atoms in total. The van der Waals surface area contributed by atoms with E-state index in [4.69, 9.17) is 0 Å². The van der Waals surface area contributed by atoms with Crippen LogP contribution in [0.5, 0.6) is 0 Å². The number of hydrogen-bond acceptors (Lipinski definition) is 4. The Labute approximate surface area is 130 Å². The minimum absolute atomic E-state index is 0.0859. The second-order valence-corrected chi connectivity index (χ2v) is 7.74. The number of carboxylic acids is 1. The SMILES string of the molecule is Cc1cc(C)c(C)c(S(=O)(=O)N2C[C@H](O)C[C@@H]2C(=O)O)c1C. The van der Waals surface area contributed by atoms with Crippen LogP contribution in [-0.4, -0.2) is 47.6 Å². The van der Waals surface area contributed by atoms with E-state index in [1.807, 2.05) is 19.9 Å². The Kier molecular flexibility index (Phi) is 4.34. The second-order valence-electron chi connectivity index (χ2n) is 5.91. The molecule has 0 amide bonds. The Bertz CT molecular complexity index is 700. The van der Waals surface area contributed by atoms with Gasteiger partial charge >= 0.3 is 5.97 Å². The molecule has 0 aliphatic carbocycles. The smallest absolute Gasteiger partial charge is 0.322 e. The molecular weight excluding hydrogens is 306 g/mol. The third-order valence-electron chi connectivity index (χ3n) is 4.38. The van der Waals surface area contributed by atoms with Gasteiger partial charge in [-0.1, -0.05) is 6.07 Å². The first-order valence-electron chi connectivity index (χ1n) is 7.07. The molecule has 0 radical (unpaired) electrons. The van der Waals surface area contributed by atoms with Gasteiger partial charge in [-0.05, 0) is 49.9 Å². The van der Waals surface area contributed by atoms with E-state index in [0.717, 1.165) is 15.4 Å². The second kappa shape index (κ2) is 5.64. The summed E-state index contributed by atoms with van der Waals surface area (Å²) >= 11 is 0. The van der Waals surface area contributed by atoms with E-state index in [2.05, 4.69) is 0 Å². The number of benzene rings is 1. The maximum Gasteiger partial charge on any atom is 0.322 e. The Hall–Kier alpha value is -1.44. The Morgan fingerprint density at radius 2 is 1.68 bits per heavy atom. The molecular formula is C15H21NO5S. The molecule has 1 saturated heterocycles. The molecule has 1 aromatic rings. The molecule has 0 bridgehead atoms. The van der Waals surface area contributed by atoms with Crippen molar-refractivity contribution in [1.29, 1.82) is 0 Å². The molecule has 7 heteroatoms. The quantitative estimate of drug-likeness (QED) is 0.868. The maximum atomic E-state index is 13.0. The number of nitrogens with zero attached hydrogens (tertiary/aromatic N) is 1. The summed E-state index contributed by atoms with van der Waals surface area (Å²) in [4.78, 5) is 11.5. The topological polar surface area (TPSA) is 94.9 Å². The largest absolute Gasteiger partial charge is 0.480 e. The molecule has 0 unspecified atom stereocenters. The number of aliphatic hydroxyl groups is 1. The zero-order valence-corrected chi connectivity index (χ0v) is 13.9. The maximum absolute atomic E-state index is 13.0. The van der Waals surface area contributed by atoms with Crippen LogP contribution in [0, 0.1) is 27.7 Å². The fourth-order valence-electron chi connectivity index (χ4n) is 2.96. The van der Waals surface area contributed by atoms with Crippen LogP contribution in [0.4, 0.5) is 0 Å². The first-order chi connectivity index (χ1) is 10.1. The lowest BCUT2D eigenvalue weighted by atomic mass is 10.0. The molecule has 1 heterocycles. The monoisotopic (exact) mass is 327 g/mol. The molecule has 0 spiro atoms. The van der Waals surface area contributed by atoms with Gasteiger partial charge in [-0.3, -0.25) is 4.79 Å². The van der Waals surface area contributed by atoms with Crippen molar-refractivity contribution >= 4 is 16.0 Å². The number of aliphatic hydroxyl groups excluding tert-OH is 1. The third-order valence-corrected chi connectivity index (χ3v) is 6.53. The van der Waals surface area contributed by atoms with Crippen molar-refractivity contribution in [2.45, 2.75) is 51.2 Å². The molecule has 2 N–H and O–H groups in total. The Balaban J connectivity index is 2.63. The number of hydrogen-bond donors (Lipinski definition) is 2. The molecule has 2 atom stereocenters. The molecule has 122 valence electrons. The van der Waals surface area contributed by atoms with Crippen molar-refractivity contribution in [3.05, 3.63) is 28.3 Å². The number of rotatable bonds is 3. The standard InChI is InChI=1S/C15H21NO5S/c1-8-5-9(2)11(4)14(10(8)3)22(20,21)16-7-12(17)6-13(16)15(18)19/h5,12-13,17H,6-7H2,1-4H3,(H,18,19)/t12-,13-/m1/s1. The molecule has 1 aliphatic rings. The number of carbonyl (C=O) groups is 1. The normalized spacial score (nSPS) is 23.0. The molecule has 0 saturated carbocycles. The molecule has 1 aromatic carbocycles. The summed E-state index contributed by atoms with van der Waals surface area (Å²) in [6.07, 6.45) is -1.04. The first-order valence-corrected chi connectivity index (χ1v) is 8.51. The van der Waals surface area contributed by atoms with Gasteiger partial charge in [0, 0.05) is 13.0 Å². The van der Waals surface area contributed by atoms with Crippen molar-refractivity contribution in [2.75, 3.05) is 6.54 Å². The average Bonchev–Trinajstić information content (AvgIpc) is 2.79.